The van der Waals surface area contributed by atoms with E-state index in [1.807, 2.05) is 18.2 Å². The summed E-state index contributed by atoms with van der Waals surface area (Å²) < 4.78 is 26.9. The number of nitrogens with zero attached hydrogens (tertiary/aromatic N) is 1. The van der Waals surface area contributed by atoms with Crippen molar-refractivity contribution in [2.75, 3.05) is 5.32 Å². The summed E-state index contributed by atoms with van der Waals surface area (Å²) in [5.74, 6) is -0.651. The van der Waals surface area contributed by atoms with Crippen LogP contribution in [-0.4, -0.2) is 25.4 Å². The van der Waals surface area contributed by atoms with Crippen LogP contribution in [0.1, 0.15) is 19.4 Å². The highest BCUT2D eigenvalue weighted by molar-refractivity contribution is 7.92. The molecule has 1 aromatic carbocycles. The van der Waals surface area contributed by atoms with Crippen LogP contribution in [0.2, 0.25) is 0 Å². The predicted molar refractivity (Wildman–Crippen MR) is 96.9 cm³/mol. The fourth-order valence-electron chi connectivity index (χ4n) is 1.91. The second-order valence-electron chi connectivity index (χ2n) is 5.42. The highest BCUT2D eigenvalue weighted by Crippen LogP contribution is 2.13. The molecule has 6 nitrogen and oxygen atoms in total. The molecule has 1 aromatic heterocycles. The van der Waals surface area contributed by atoms with Crippen LogP contribution in [0.3, 0.4) is 0 Å². The molecule has 1 atom stereocenters. The minimum Gasteiger partial charge on any atom is -0.301 e. The summed E-state index contributed by atoms with van der Waals surface area (Å²) in [4.78, 5) is 16.3. The number of hydrogen-bond acceptors (Lipinski definition) is 5. The molecule has 1 amide bonds. The monoisotopic (exact) mass is 365 g/mol. The number of carbonyl (C=O) groups excluding carboxylic acids is 1. The lowest BCUT2D eigenvalue weighted by atomic mass is 10.1. The summed E-state index contributed by atoms with van der Waals surface area (Å²) in [6, 6.07) is 8.18. The first-order valence-corrected chi connectivity index (χ1v) is 9.76. The van der Waals surface area contributed by atoms with Gasteiger partial charge >= 0.3 is 0 Å². The molecule has 8 heteroatoms. The Morgan fingerprint density at radius 2 is 1.96 bits per heavy atom. The lowest BCUT2D eigenvalue weighted by Crippen LogP contribution is -2.46. The van der Waals surface area contributed by atoms with E-state index in [1.165, 1.54) is 17.4 Å². The van der Waals surface area contributed by atoms with E-state index in [0.29, 0.717) is 5.13 Å². The molecule has 0 fully saturated rings. The quantitative estimate of drug-likeness (QED) is 0.790. The van der Waals surface area contributed by atoms with Crippen molar-refractivity contribution < 1.29 is 13.2 Å². The number of benzene rings is 1. The molecule has 1 unspecified atom stereocenters. The van der Waals surface area contributed by atoms with Gasteiger partial charge in [-0.25, -0.2) is 13.4 Å². The van der Waals surface area contributed by atoms with Gasteiger partial charge < -0.3 is 5.32 Å². The Bertz CT molecular complexity index is 785. The lowest BCUT2D eigenvalue weighted by molar-refractivity contribution is -0.118. The molecule has 0 saturated carbocycles. The number of rotatable bonds is 7. The maximum absolute atomic E-state index is 12.3. The zero-order valence-corrected chi connectivity index (χ0v) is 15.0. The molecular formula is C16H19N3O3S2. The van der Waals surface area contributed by atoms with Crippen LogP contribution in [0, 0.1) is 5.92 Å². The van der Waals surface area contributed by atoms with E-state index >= 15 is 0 Å². The van der Waals surface area contributed by atoms with Crippen LogP contribution in [0.25, 0.3) is 6.08 Å². The summed E-state index contributed by atoms with van der Waals surface area (Å²) in [6.07, 6.45) is 3.05. The smallest absolute Gasteiger partial charge is 0.244 e. The summed E-state index contributed by atoms with van der Waals surface area (Å²) in [7, 11) is -3.76. The Morgan fingerprint density at radius 3 is 2.54 bits per heavy atom. The van der Waals surface area contributed by atoms with Gasteiger partial charge in [0.25, 0.3) is 0 Å². The molecule has 2 aromatic rings. The Labute approximate surface area is 145 Å². The molecule has 2 N–H and O–H groups in total. The average Bonchev–Trinajstić information content (AvgIpc) is 3.04. The van der Waals surface area contributed by atoms with Gasteiger partial charge in [-0.3, -0.25) is 4.79 Å². The van der Waals surface area contributed by atoms with Crippen LogP contribution >= 0.6 is 11.3 Å². The second kappa shape index (κ2) is 8.18. The fraction of sp³-hybridized carbons (Fsp3) is 0.250. The van der Waals surface area contributed by atoms with Crippen LogP contribution in [0.5, 0.6) is 0 Å². The van der Waals surface area contributed by atoms with E-state index in [-0.39, 0.29) is 5.92 Å². The van der Waals surface area contributed by atoms with Gasteiger partial charge in [-0.15, -0.1) is 11.3 Å². The van der Waals surface area contributed by atoms with Crippen molar-refractivity contribution in [3.05, 3.63) is 52.9 Å². The average molecular weight is 365 g/mol. The van der Waals surface area contributed by atoms with E-state index in [0.717, 1.165) is 11.0 Å². The number of carbonyl (C=O) groups is 1. The number of nitrogens with one attached hydrogen (secondary N) is 2. The molecule has 0 aliphatic heterocycles. The first-order valence-electron chi connectivity index (χ1n) is 7.33. The largest absolute Gasteiger partial charge is 0.301 e. The van der Waals surface area contributed by atoms with Crippen LogP contribution in [0.15, 0.2) is 47.3 Å². The van der Waals surface area contributed by atoms with Gasteiger partial charge in [0, 0.05) is 17.0 Å². The number of amides is 1. The molecule has 0 spiro atoms. The minimum atomic E-state index is -3.76. The third-order valence-electron chi connectivity index (χ3n) is 3.14. The van der Waals surface area contributed by atoms with Gasteiger partial charge in [0.2, 0.25) is 15.9 Å². The van der Waals surface area contributed by atoms with Crippen molar-refractivity contribution in [3.63, 3.8) is 0 Å². The Morgan fingerprint density at radius 1 is 1.25 bits per heavy atom. The summed E-state index contributed by atoms with van der Waals surface area (Å²) in [5.41, 5.74) is 0.760. The third-order valence-corrected chi connectivity index (χ3v) is 4.91. The number of anilines is 1. The number of sulfonamides is 1. The molecular weight excluding hydrogens is 346 g/mol. The maximum Gasteiger partial charge on any atom is 0.244 e. The Hall–Kier alpha value is -2.03. The molecule has 24 heavy (non-hydrogen) atoms. The van der Waals surface area contributed by atoms with Crippen molar-refractivity contribution in [1.82, 2.24) is 9.71 Å². The molecule has 0 bridgehead atoms. The van der Waals surface area contributed by atoms with E-state index in [9.17, 15) is 13.2 Å². The lowest BCUT2D eigenvalue weighted by Gasteiger charge is -2.19. The van der Waals surface area contributed by atoms with Gasteiger partial charge in [0.05, 0.1) is 0 Å². The van der Waals surface area contributed by atoms with Crippen LogP contribution < -0.4 is 10.0 Å². The van der Waals surface area contributed by atoms with Crippen molar-refractivity contribution >= 4 is 38.5 Å². The van der Waals surface area contributed by atoms with E-state index in [4.69, 9.17) is 0 Å². The van der Waals surface area contributed by atoms with Crippen molar-refractivity contribution in [3.8, 4) is 0 Å². The highest BCUT2D eigenvalue weighted by atomic mass is 32.2. The van der Waals surface area contributed by atoms with Gasteiger partial charge in [-0.1, -0.05) is 44.2 Å². The zero-order chi connectivity index (χ0) is 17.6. The maximum atomic E-state index is 12.3. The van der Waals surface area contributed by atoms with Crippen molar-refractivity contribution in [1.29, 1.82) is 0 Å². The molecule has 1 heterocycles. The summed E-state index contributed by atoms with van der Waals surface area (Å²) in [6.45, 7) is 3.55. The van der Waals surface area contributed by atoms with Crippen LogP contribution in [-0.2, 0) is 14.8 Å². The number of aromatic nitrogens is 1. The van der Waals surface area contributed by atoms with Crippen LogP contribution in [0.4, 0.5) is 5.13 Å². The van der Waals surface area contributed by atoms with Gasteiger partial charge in [0.1, 0.15) is 6.04 Å². The van der Waals surface area contributed by atoms with E-state index in [2.05, 4.69) is 15.0 Å². The number of hydrogen-bond donors (Lipinski definition) is 2. The minimum absolute atomic E-state index is 0.218. The van der Waals surface area contributed by atoms with Gasteiger partial charge in [-0.2, -0.15) is 4.72 Å². The fourth-order valence-corrected chi connectivity index (χ4v) is 3.59. The normalized spacial score (nSPS) is 13.3. The Kier molecular flexibility index (Phi) is 6.24. The number of thiazole rings is 1. The zero-order valence-electron chi connectivity index (χ0n) is 13.3. The summed E-state index contributed by atoms with van der Waals surface area (Å²) in [5, 5.41) is 5.84. The third kappa shape index (κ3) is 5.55. The van der Waals surface area contributed by atoms with Gasteiger partial charge in [-0.05, 0) is 17.6 Å². The standard InChI is InChI=1S/C16H19N3O3S2/c1-12(2)14(15(20)18-16-17-9-10-23-16)19-24(21,22)11-8-13-6-4-3-5-7-13/h3-12,14,19H,1-2H3,(H,17,18,20)/b11-8+. The Balaban J connectivity index is 2.08. The van der Waals surface area contributed by atoms with E-state index in [1.54, 1.807) is 37.6 Å². The van der Waals surface area contributed by atoms with Crippen molar-refractivity contribution in [2.24, 2.45) is 5.92 Å². The van der Waals surface area contributed by atoms with Gasteiger partial charge in [0.15, 0.2) is 5.13 Å². The highest BCUT2D eigenvalue weighted by Gasteiger charge is 2.26. The molecule has 0 aliphatic rings. The topological polar surface area (TPSA) is 88.2 Å². The van der Waals surface area contributed by atoms with E-state index < -0.39 is 22.0 Å². The summed E-state index contributed by atoms with van der Waals surface area (Å²) >= 11 is 1.27. The first-order chi connectivity index (χ1) is 11.4. The molecule has 0 saturated heterocycles. The van der Waals surface area contributed by atoms with Crippen molar-refractivity contribution in [2.45, 2.75) is 19.9 Å². The molecule has 0 radical (unpaired) electrons. The first kappa shape index (κ1) is 18.3. The predicted octanol–water partition coefficient (Wildman–Crippen LogP) is 2.70. The SMILES string of the molecule is CC(C)C(NS(=O)(=O)/C=C/c1ccccc1)C(=O)Nc1nccs1. The second-order valence-corrected chi connectivity index (χ2v) is 7.92. The molecule has 2 rings (SSSR count). The molecule has 0 aliphatic carbocycles. The molecule has 128 valence electrons.